The zero-order valence-corrected chi connectivity index (χ0v) is 9.19. The summed E-state index contributed by atoms with van der Waals surface area (Å²) in [6, 6.07) is 7.43. The Balaban J connectivity index is 2.60. The molecular formula is C15H11FO. The molecule has 0 radical (unpaired) electrons. The summed E-state index contributed by atoms with van der Waals surface area (Å²) in [6.45, 7) is 3.71. The average Bonchev–Trinajstić information content (AvgIpc) is 2.38. The van der Waals surface area contributed by atoms with E-state index in [0.29, 0.717) is 5.57 Å². The van der Waals surface area contributed by atoms with E-state index in [9.17, 15) is 9.18 Å². The Morgan fingerprint density at radius 2 is 2.12 bits per heavy atom. The van der Waals surface area contributed by atoms with Gasteiger partial charge in [-0.15, -0.1) is 0 Å². The number of allylic oxidation sites excluding steroid dienone is 5. The fourth-order valence-corrected chi connectivity index (χ4v) is 1.85. The highest BCUT2D eigenvalue weighted by Crippen LogP contribution is 2.31. The molecule has 0 bridgehead atoms. The highest BCUT2D eigenvalue weighted by Gasteiger charge is 2.21. The van der Waals surface area contributed by atoms with Gasteiger partial charge in [0.2, 0.25) is 0 Å². The van der Waals surface area contributed by atoms with Gasteiger partial charge in [0, 0.05) is 0 Å². The average molecular weight is 226 g/mol. The molecule has 2 heteroatoms. The van der Waals surface area contributed by atoms with Crippen molar-refractivity contribution in [2.75, 3.05) is 0 Å². The molecule has 0 spiro atoms. The third-order valence-corrected chi connectivity index (χ3v) is 2.69. The van der Waals surface area contributed by atoms with Crippen molar-refractivity contribution in [3.63, 3.8) is 0 Å². The Kier molecular flexibility index (Phi) is 3.17. The van der Waals surface area contributed by atoms with Crippen LogP contribution in [-0.2, 0) is 4.79 Å². The maximum absolute atomic E-state index is 13.6. The van der Waals surface area contributed by atoms with E-state index in [1.165, 1.54) is 6.08 Å². The van der Waals surface area contributed by atoms with Gasteiger partial charge in [0.1, 0.15) is 5.94 Å². The second kappa shape index (κ2) is 4.77. The summed E-state index contributed by atoms with van der Waals surface area (Å²) in [4.78, 5) is 10.9. The number of alkyl halides is 1. The summed E-state index contributed by atoms with van der Waals surface area (Å²) >= 11 is 0. The Morgan fingerprint density at radius 1 is 1.35 bits per heavy atom. The van der Waals surface area contributed by atoms with Crippen LogP contribution in [0.5, 0.6) is 0 Å². The lowest BCUT2D eigenvalue weighted by atomic mass is 9.89. The van der Waals surface area contributed by atoms with Gasteiger partial charge in [-0.1, -0.05) is 49.1 Å². The van der Waals surface area contributed by atoms with Gasteiger partial charge in [0.05, 0.1) is 5.57 Å². The van der Waals surface area contributed by atoms with Crippen LogP contribution in [-0.4, -0.2) is 12.1 Å². The van der Waals surface area contributed by atoms with Gasteiger partial charge in [0.25, 0.3) is 0 Å². The molecule has 1 aliphatic carbocycles. The normalized spacial score (nSPS) is 18.5. The van der Waals surface area contributed by atoms with E-state index < -0.39 is 6.17 Å². The summed E-state index contributed by atoms with van der Waals surface area (Å²) in [5, 5.41) is 0. The number of hydrogen-bond donors (Lipinski definition) is 0. The van der Waals surface area contributed by atoms with Gasteiger partial charge in [-0.3, -0.25) is 0 Å². The first-order valence-electron chi connectivity index (χ1n) is 5.27. The minimum atomic E-state index is -1.38. The van der Waals surface area contributed by atoms with E-state index >= 15 is 0 Å². The topological polar surface area (TPSA) is 17.1 Å². The molecule has 1 atom stereocenters. The highest BCUT2D eigenvalue weighted by atomic mass is 19.1. The van der Waals surface area contributed by atoms with E-state index in [4.69, 9.17) is 0 Å². The summed E-state index contributed by atoms with van der Waals surface area (Å²) in [5.74, 6) is 1.69. The molecule has 2 rings (SSSR count). The Hall–Kier alpha value is -2.18. The third kappa shape index (κ3) is 2.03. The molecule has 0 N–H and O–H groups in total. The molecule has 1 unspecified atom stereocenters. The molecule has 1 aliphatic rings. The number of hydrogen-bond acceptors (Lipinski definition) is 1. The second-order valence-corrected chi connectivity index (χ2v) is 3.67. The number of carbonyl (C=O) groups excluding carboxylic acids is 1. The molecule has 1 nitrogen and oxygen atoms in total. The predicted octanol–water partition coefficient (Wildman–Crippen LogP) is 3.38. The van der Waals surface area contributed by atoms with Crippen molar-refractivity contribution in [3.05, 3.63) is 65.8 Å². The summed E-state index contributed by atoms with van der Waals surface area (Å²) in [5.41, 5.74) is 2.29. The van der Waals surface area contributed by atoms with Gasteiger partial charge in [-0.25, -0.2) is 9.18 Å². The Bertz CT molecular complexity index is 560. The smallest absolute Gasteiger partial charge is 0.155 e. The molecular weight excluding hydrogens is 215 g/mol. The van der Waals surface area contributed by atoms with Gasteiger partial charge in [-0.2, -0.15) is 0 Å². The van der Waals surface area contributed by atoms with E-state index in [-0.39, 0.29) is 5.57 Å². The number of benzene rings is 1. The maximum atomic E-state index is 13.6. The van der Waals surface area contributed by atoms with Crippen molar-refractivity contribution in [1.82, 2.24) is 0 Å². The van der Waals surface area contributed by atoms with Crippen LogP contribution in [0.1, 0.15) is 11.1 Å². The van der Waals surface area contributed by atoms with E-state index in [1.54, 1.807) is 24.2 Å². The molecule has 0 fully saturated rings. The standard InChI is InChI=1S/C15H11FO/c1-2-11-6-3-4-7-12(11)13-8-5-9-15(16)14(13)10-17/h2-9,15H,1H2. The predicted molar refractivity (Wildman–Crippen MR) is 67.8 cm³/mol. The minimum Gasteiger partial charge on any atom is -0.237 e. The minimum absolute atomic E-state index is 0.0433. The van der Waals surface area contributed by atoms with E-state index in [0.717, 1.165) is 11.1 Å². The first-order chi connectivity index (χ1) is 8.27. The fraction of sp³-hybridized carbons (Fsp3) is 0.0667. The van der Waals surface area contributed by atoms with Crippen LogP contribution in [0, 0.1) is 0 Å². The third-order valence-electron chi connectivity index (χ3n) is 2.69. The maximum Gasteiger partial charge on any atom is 0.155 e. The van der Waals surface area contributed by atoms with Crippen LogP contribution >= 0.6 is 0 Å². The van der Waals surface area contributed by atoms with Crippen molar-refractivity contribution in [1.29, 1.82) is 0 Å². The fourth-order valence-electron chi connectivity index (χ4n) is 1.85. The lowest BCUT2D eigenvalue weighted by Crippen LogP contribution is -2.08. The molecule has 17 heavy (non-hydrogen) atoms. The van der Waals surface area contributed by atoms with E-state index in [1.807, 2.05) is 24.3 Å². The zero-order chi connectivity index (χ0) is 12.3. The highest BCUT2D eigenvalue weighted by molar-refractivity contribution is 5.93. The van der Waals surface area contributed by atoms with Crippen molar-refractivity contribution in [2.24, 2.45) is 0 Å². The van der Waals surface area contributed by atoms with Crippen molar-refractivity contribution in [2.45, 2.75) is 6.17 Å². The van der Waals surface area contributed by atoms with Crippen LogP contribution in [0.3, 0.4) is 0 Å². The number of halogens is 1. The molecule has 1 aromatic carbocycles. The molecule has 0 saturated carbocycles. The summed E-state index contributed by atoms with van der Waals surface area (Å²) in [6.07, 6.45) is 4.97. The lowest BCUT2D eigenvalue weighted by molar-refractivity contribution is 0.455. The van der Waals surface area contributed by atoms with Gasteiger partial charge >= 0.3 is 0 Å². The van der Waals surface area contributed by atoms with E-state index in [2.05, 4.69) is 6.58 Å². The number of rotatable bonds is 2. The largest absolute Gasteiger partial charge is 0.237 e. The van der Waals surface area contributed by atoms with Gasteiger partial charge in [-0.05, 0) is 22.8 Å². The van der Waals surface area contributed by atoms with Crippen LogP contribution in [0.4, 0.5) is 4.39 Å². The summed E-state index contributed by atoms with van der Waals surface area (Å²) < 4.78 is 13.6. The second-order valence-electron chi connectivity index (χ2n) is 3.67. The quantitative estimate of drug-likeness (QED) is 0.706. The van der Waals surface area contributed by atoms with Crippen molar-refractivity contribution >= 4 is 17.6 Å². The molecule has 0 amide bonds. The Labute approximate surface area is 99.3 Å². The molecule has 0 saturated heterocycles. The van der Waals surface area contributed by atoms with Crippen LogP contribution in [0.15, 0.2) is 54.6 Å². The summed E-state index contributed by atoms with van der Waals surface area (Å²) in [7, 11) is 0. The monoisotopic (exact) mass is 226 g/mol. The molecule has 0 aliphatic heterocycles. The first kappa shape index (κ1) is 11.3. The SMILES string of the molecule is C=Cc1ccccc1C1=CC=CC(F)C1=C=O. The van der Waals surface area contributed by atoms with Gasteiger partial charge < -0.3 is 0 Å². The van der Waals surface area contributed by atoms with Gasteiger partial charge in [0.15, 0.2) is 6.17 Å². The van der Waals surface area contributed by atoms with Crippen molar-refractivity contribution in [3.8, 4) is 0 Å². The van der Waals surface area contributed by atoms with Crippen molar-refractivity contribution < 1.29 is 9.18 Å². The first-order valence-corrected chi connectivity index (χ1v) is 5.27. The molecule has 0 aromatic heterocycles. The van der Waals surface area contributed by atoms with Crippen LogP contribution < -0.4 is 0 Å². The lowest BCUT2D eigenvalue weighted by Gasteiger charge is -2.15. The van der Waals surface area contributed by atoms with Crippen LogP contribution in [0.25, 0.3) is 11.6 Å². The molecule has 84 valence electrons. The van der Waals surface area contributed by atoms with Crippen LogP contribution in [0.2, 0.25) is 0 Å². The molecule has 0 heterocycles. The Morgan fingerprint density at radius 3 is 2.82 bits per heavy atom. The zero-order valence-electron chi connectivity index (χ0n) is 9.19. The molecule has 1 aromatic rings.